The number of hydrogen-bond donors (Lipinski definition) is 1. The number of ether oxygens (including phenoxy) is 3. The molecule has 0 radical (unpaired) electrons. The number of anilines is 1. The molecule has 0 spiro atoms. The maximum atomic E-state index is 12.6. The van der Waals surface area contributed by atoms with Gasteiger partial charge in [-0.05, 0) is 88.3 Å². The van der Waals surface area contributed by atoms with Crippen molar-refractivity contribution >= 4 is 63.5 Å². The molecular formula is C25H19Cl2IN2O4. The van der Waals surface area contributed by atoms with Gasteiger partial charge in [0.05, 0.1) is 27.8 Å². The van der Waals surface area contributed by atoms with Gasteiger partial charge in [0, 0.05) is 5.69 Å². The van der Waals surface area contributed by atoms with Gasteiger partial charge in [0.25, 0.3) is 5.91 Å². The zero-order chi connectivity index (χ0) is 24.7. The van der Waals surface area contributed by atoms with Crippen LogP contribution in [0.15, 0.2) is 60.2 Å². The van der Waals surface area contributed by atoms with Crippen molar-refractivity contribution in [1.29, 1.82) is 5.26 Å². The first-order valence-corrected chi connectivity index (χ1v) is 11.7. The lowest BCUT2D eigenvalue weighted by Gasteiger charge is -2.14. The second-order valence-corrected chi connectivity index (χ2v) is 8.90. The number of rotatable bonds is 8. The smallest absolute Gasteiger partial charge is 0.266 e. The molecule has 6 nitrogen and oxygen atoms in total. The summed E-state index contributed by atoms with van der Waals surface area (Å²) in [7, 11) is 3.08. The van der Waals surface area contributed by atoms with E-state index in [1.807, 2.05) is 12.1 Å². The predicted octanol–water partition coefficient (Wildman–Crippen LogP) is 6.74. The summed E-state index contributed by atoms with van der Waals surface area (Å²) in [5.74, 6) is 1.14. The van der Waals surface area contributed by atoms with Gasteiger partial charge in [0.1, 0.15) is 24.0 Å². The molecule has 0 saturated carbocycles. The number of nitriles is 1. The Bertz CT molecular complexity index is 1270. The van der Waals surface area contributed by atoms with Gasteiger partial charge in [-0.3, -0.25) is 4.79 Å². The Morgan fingerprint density at radius 1 is 1.06 bits per heavy atom. The molecule has 0 atom stereocenters. The SMILES string of the molecule is COc1ccc(NC(=O)/C(C#N)=C\c2cc(I)c(OCc3ccc(Cl)c(Cl)c3)c(OC)c2)cc1. The molecule has 0 aliphatic rings. The zero-order valence-corrected chi connectivity index (χ0v) is 21.9. The number of methoxy groups -OCH3 is 2. The third-order valence-corrected chi connectivity index (χ3v) is 6.18. The molecule has 1 N–H and O–H groups in total. The Kier molecular flexibility index (Phi) is 9.05. The van der Waals surface area contributed by atoms with Crippen molar-refractivity contribution in [1.82, 2.24) is 0 Å². The van der Waals surface area contributed by atoms with Crippen LogP contribution in [0.2, 0.25) is 10.0 Å². The molecule has 0 aliphatic carbocycles. The normalized spacial score (nSPS) is 10.9. The van der Waals surface area contributed by atoms with Crippen molar-refractivity contribution < 1.29 is 19.0 Å². The van der Waals surface area contributed by atoms with E-state index in [4.69, 9.17) is 37.4 Å². The molecule has 0 saturated heterocycles. The van der Waals surface area contributed by atoms with Gasteiger partial charge >= 0.3 is 0 Å². The number of amides is 1. The number of carbonyl (C=O) groups is 1. The Balaban J connectivity index is 1.79. The number of halogens is 3. The summed E-state index contributed by atoms with van der Waals surface area (Å²) in [6, 6.07) is 17.5. The van der Waals surface area contributed by atoms with Gasteiger partial charge in [-0.15, -0.1) is 0 Å². The van der Waals surface area contributed by atoms with Crippen molar-refractivity contribution in [2.45, 2.75) is 6.61 Å². The molecule has 0 aromatic heterocycles. The molecule has 3 aromatic rings. The van der Waals surface area contributed by atoms with E-state index in [0.717, 1.165) is 9.13 Å². The Morgan fingerprint density at radius 3 is 2.41 bits per heavy atom. The fraction of sp³-hybridized carbons (Fsp3) is 0.120. The Labute approximate surface area is 221 Å². The molecule has 0 unspecified atom stereocenters. The van der Waals surface area contributed by atoms with Crippen LogP contribution < -0.4 is 19.5 Å². The fourth-order valence-electron chi connectivity index (χ4n) is 2.94. The number of nitrogens with one attached hydrogen (secondary N) is 1. The van der Waals surface area contributed by atoms with Crippen LogP contribution in [-0.2, 0) is 11.4 Å². The van der Waals surface area contributed by atoms with Crippen molar-refractivity contribution in [3.8, 4) is 23.3 Å². The van der Waals surface area contributed by atoms with Crippen molar-refractivity contribution in [2.75, 3.05) is 19.5 Å². The van der Waals surface area contributed by atoms with Gasteiger partial charge in [-0.25, -0.2) is 0 Å². The largest absolute Gasteiger partial charge is 0.497 e. The molecular weight excluding hydrogens is 590 g/mol. The van der Waals surface area contributed by atoms with Crippen LogP contribution in [0.4, 0.5) is 5.69 Å². The van der Waals surface area contributed by atoms with E-state index < -0.39 is 5.91 Å². The van der Waals surface area contributed by atoms with Crippen LogP contribution in [0, 0.1) is 14.9 Å². The van der Waals surface area contributed by atoms with Crippen LogP contribution in [0.5, 0.6) is 17.2 Å². The van der Waals surface area contributed by atoms with E-state index in [1.165, 1.54) is 13.2 Å². The summed E-state index contributed by atoms with van der Waals surface area (Å²) in [5, 5.41) is 13.2. The summed E-state index contributed by atoms with van der Waals surface area (Å²) in [6.45, 7) is 0.256. The zero-order valence-electron chi connectivity index (χ0n) is 18.2. The van der Waals surface area contributed by atoms with Crippen LogP contribution in [0.25, 0.3) is 6.08 Å². The topological polar surface area (TPSA) is 80.6 Å². The van der Waals surface area contributed by atoms with Crippen molar-refractivity contribution in [3.63, 3.8) is 0 Å². The molecule has 174 valence electrons. The molecule has 0 aliphatic heterocycles. The van der Waals surface area contributed by atoms with Crippen LogP contribution in [0.1, 0.15) is 11.1 Å². The standard InChI is InChI=1S/C25H19Cl2IN2O4/c1-32-19-6-4-18(5-7-19)30-25(31)17(13-29)9-16-11-22(28)24(23(12-16)33-2)34-14-15-3-8-20(26)21(27)10-15/h3-12H,14H2,1-2H3,(H,30,31)/b17-9-. The third-order valence-electron chi connectivity index (χ3n) is 4.64. The highest BCUT2D eigenvalue weighted by atomic mass is 127. The summed E-state index contributed by atoms with van der Waals surface area (Å²) >= 11 is 14.2. The van der Waals surface area contributed by atoms with Crippen LogP contribution >= 0.6 is 45.8 Å². The van der Waals surface area contributed by atoms with E-state index in [0.29, 0.717) is 38.5 Å². The summed E-state index contributed by atoms with van der Waals surface area (Å²) < 4.78 is 17.3. The lowest BCUT2D eigenvalue weighted by atomic mass is 10.1. The number of carbonyl (C=O) groups excluding carboxylic acids is 1. The van der Waals surface area contributed by atoms with E-state index in [-0.39, 0.29) is 12.2 Å². The first-order chi connectivity index (χ1) is 16.3. The first kappa shape index (κ1) is 25.7. The number of nitrogens with zero attached hydrogens (tertiary/aromatic N) is 1. The lowest BCUT2D eigenvalue weighted by molar-refractivity contribution is -0.112. The highest BCUT2D eigenvalue weighted by molar-refractivity contribution is 14.1. The average molecular weight is 609 g/mol. The minimum Gasteiger partial charge on any atom is -0.497 e. The second kappa shape index (κ2) is 12.0. The average Bonchev–Trinajstić information content (AvgIpc) is 2.84. The van der Waals surface area contributed by atoms with Crippen molar-refractivity contribution in [3.05, 3.63) is 84.9 Å². The minimum absolute atomic E-state index is 0.0573. The predicted molar refractivity (Wildman–Crippen MR) is 142 cm³/mol. The van der Waals surface area contributed by atoms with Crippen LogP contribution in [-0.4, -0.2) is 20.1 Å². The summed E-state index contributed by atoms with van der Waals surface area (Å²) in [5.41, 5.74) is 1.95. The summed E-state index contributed by atoms with van der Waals surface area (Å²) in [6.07, 6.45) is 1.49. The highest BCUT2D eigenvalue weighted by Gasteiger charge is 2.15. The molecule has 3 rings (SSSR count). The maximum Gasteiger partial charge on any atom is 0.266 e. The van der Waals surface area contributed by atoms with Gasteiger partial charge in [-0.1, -0.05) is 29.3 Å². The highest BCUT2D eigenvalue weighted by Crippen LogP contribution is 2.35. The molecule has 9 heteroatoms. The monoisotopic (exact) mass is 608 g/mol. The fourth-order valence-corrected chi connectivity index (χ4v) is 4.04. The first-order valence-electron chi connectivity index (χ1n) is 9.86. The van der Waals surface area contributed by atoms with Gasteiger partial charge in [-0.2, -0.15) is 5.26 Å². The number of hydrogen-bond acceptors (Lipinski definition) is 5. The second-order valence-electron chi connectivity index (χ2n) is 6.92. The van der Waals surface area contributed by atoms with Crippen LogP contribution in [0.3, 0.4) is 0 Å². The minimum atomic E-state index is -0.526. The third kappa shape index (κ3) is 6.56. The molecule has 0 bridgehead atoms. The van der Waals surface area contributed by atoms with E-state index in [1.54, 1.807) is 55.6 Å². The Hall–Kier alpha value is -2.93. The Morgan fingerprint density at radius 2 is 1.79 bits per heavy atom. The molecule has 3 aromatic carbocycles. The van der Waals surface area contributed by atoms with Gasteiger partial charge in [0.2, 0.25) is 0 Å². The lowest BCUT2D eigenvalue weighted by Crippen LogP contribution is -2.13. The van der Waals surface area contributed by atoms with Crippen molar-refractivity contribution in [2.24, 2.45) is 0 Å². The van der Waals surface area contributed by atoms with E-state index in [2.05, 4.69) is 27.9 Å². The van der Waals surface area contributed by atoms with E-state index in [9.17, 15) is 10.1 Å². The molecule has 0 fully saturated rings. The van der Waals surface area contributed by atoms with Gasteiger partial charge in [0.15, 0.2) is 11.5 Å². The molecule has 34 heavy (non-hydrogen) atoms. The maximum absolute atomic E-state index is 12.6. The molecule has 0 heterocycles. The van der Waals surface area contributed by atoms with E-state index >= 15 is 0 Å². The number of benzene rings is 3. The quantitative estimate of drug-likeness (QED) is 0.174. The van der Waals surface area contributed by atoms with Gasteiger partial charge < -0.3 is 19.5 Å². The molecule has 1 amide bonds. The summed E-state index contributed by atoms with van der Waals surface area (Å²) in [4.78, 5) is 12.6.